The first-order valence-electron chi connectivity index (χ1n) is 5.77. The van der Waals surface area contributed by atoms with Crippen molar-refractivity contribution in [1.82, 2.24) is 5.32 Å². The van der Waals surface area contributed by atoms with Gasteiger partial charge in [0.1, 0.15) is 6.79 Å². The van der Waals surface area contributed by atoms with E-state index in [2.05, 4.69) is 12.2 Å². The molecule has 0 spiro atoms. The lowest BCUT2D eigenvalue weighted by Gasteiger charge is -2.24. The highest BCUT2D eigenvalue weighted by Crippen LogP contribution is 2.33. The molecule has 1 aliphatic carbocycles. The van der Waals surface area contributed by atoms with Crippen LogP contribution in [-0.2, 0) is 9.47 Å². The second-order valence-electron chi connectivity index (χ2n) is 4.59. The second kappa shape index (κ2) is 5.10. The summed E-state index contributed by atoms with van der Waals surface area (Å²) in [6.45, 7) is 4.58. The number of hydrogen-bond donors (Lipinski definition) is 1. The molecule has 0 aromatic rings. The maximum atomic E-state index is 5.46. The van der Waals surface area contributed by atoms with E-state index in [1.807, 2.05) is 0 Å². The summed E-state index contributed by atoms with van der Waals surface area (Å²) in [5, 5.41) is 3.54. The fraction of sp³-hybridized carbons (Fsp3) is 1.00. The van der Waals surface area contributed by atoms with E-state index in [0.717, 1.165) is 25.5 Å². The van der Waals surface area contributed by atoms with Crippen LogP contribution < -0.4 is 5.32 Å². The van der Waals surface area contributed by atoms with Crippen LogP contribution in [-0.4, -0.2) is 32.1 Å². The van der Waals surface area contributed by atoms with E-state index in [1.54, 1.807) is 0 Å². The Morgan fingerprint density at radius 1 is 1.36 bits per heavy atom. The van der Waals surface area contributed by atoms with Gasteiger partial charge in [0.15, 0.2) is 0 Å². The van der Waals surface area contributed by atoms with Gasteiger partial charge in [-0.15, -0.1) is 0 Å². The van der Waals surface area contributed by atoms with Gasteiger partial charge in [0, 0.05) is 12.6 Å². The minimum atomic E-state index is 0.366. The van der Waals surface area contributed by atoms with Crippen molar-refractivity contribution < 1.29 is 9.47 Å². The summed E-state index contributed by atoms with van der Waals surface area (Å²) in [6.07, 6.45) is 5.62. The molecule has 82 valence electrons. The van der Waals surface area contributed by atoms with Crippen LogP contribution in [0.3, 0.4) is 0 Å². The van der Waals surface area contributed by atoms with E-state index >= 15 is 0 Å². The van der Waals surface area contributed by atoms with Gasteiger partial charge >= 0.3 is 0 Å². The largest absolute Gasteiger partial charge is 0.355 e. The van der Waals surface area contributed by atoms with Crippen LogP contribution in [0.4, 0.5) is 0 Å². The Kier molecular flexibility index (Phi) is 3.79. The average molecular weight is 199 g/mol. The zero-order chi connectivity index (χ0) is 9.80. The summed E-state index contributed by atoms with van der Waals surface area (Å²) >= 11 is 0. The molecule has 3 nitrogen and oxygen atoms in total. The van der Waals surface area contributed by atoms with E-state index in [-0.39, 0.29) is 0 Å². The fourth-order valence-electron chi connectivity index (χ4n) is 1.93. The zero-order valence-corrected chi connectivity index (χ0v) is 9.00. The second-order valence-corrected chi connectivity index (χ2v) is 4.59. The van der Waals surface area contributed by atoms with E-state index in [9.17, 15) is 0 Å². The first-order chi connectivity index (χ1) is 6.84. The van der Waals surface area contributed by atoms with Gasteiger partial charge in [0.25, 0.3) is 0 Å². The quantitative estimate of drug-likeness (QED) is 0.728. The summed E-state index contributed by atoms with van der Waals surface area (Å²) in [6, 6.07) is 0.647. The molecule has 2 atom stereocenters. The van der Waals surface area contributed by atoms with Gasteiger partial charge in [-0.3, -0.25) is 0 Å². The molecule has 1 saturated carbocycles. The number of ether oxygens (including phenoxy) is 2. The van der Waals surface area contributed by atoms with Crippen molar-refractivity contribution in [2.45, 2.75) is 44.8 Å². The third-order valence-corrected chi connectivity index (χ3v) is 3.05. The normalized spacial score (nSPS) is 30.2. The molecule has 1 saturated heterocycles. The molecule has 0 radical (unpaired) electrons. The SMILES string of the molecule is CC(CC1CC1)NCC1CCOCO1. The van der Waals surface area contributed by atoms with Gasteiger partial charge in [0.05, 0.1) is 12.7 Å². The van der Waals surface area contributed by atoms with Crippen molar-refractivity contribution in [3.8, 4) is 0 Å². The highest BCUT2D eigenvalue weighted by atomic mass is 16.7. The van der Waals surface area contributed by atoms with E-state index in [0.29, 0.717) is 18.9 Å². The van der Waals surface area contributed by atoms with Crippen molar-refractivity contribution in [3.63, 3.8) is 0 Å². The Labute approximate surface area is 86.2 Å². The van der Waals surface area contributed by atoms with Gasteiger partial charge in [0.2, 0.25) is 0 Å². The van der Waals surface area contributed by atoms with Crippen LogP contribution in [0.25, 0.3) is 0 Å². The number of rotatable bonds is 5. The van der Waals surface area contributed by atoms with Gasteiger partial charge in [-0.05, 0) is 25.7 Å². The standard InChI is InChI=1S/C11H21NO2/c1-9(6-10-2-3-10)12-7-11-4-5-13-8-14-11/h9-12H,2-8H2,1H3. The molecule has 0 bridgehead atoms. The molecule has 2 unspecified atom stereocenters. The molecule has 1 aliphatic heterocycles. The molecule has 2 fully saturated rings. The van der Waals surface area contributed by atoms with Crippen molar-refractivity contribution in [1.29, 1.82) is 0 Å². The van der Waals surface area contributed by atoms with Gasteiger partial charge < -0.3 is 14.8 Å². The van der Waals surface area contributed by atoms with Crippen molar-refractivity contribution in [2.75, 3.05) is 19.9 Å². The molecule has 2 rings (SSSR count). The van der Waals surface area contributed by atoms with Crippen LogP contribution in [0, 0.1) is 5.92 Å². The third-order valence-electron chi connectivity index (χ3n) is 3.05. The predicted molar refractivity (Wildman–Crippen MR) is 55.1 cm³/mol. The summed E-state index contributed by atoms with van der Waals surface area (Å²) in [5.41, 5.74) is 0. The minimum absolute atomic E-state index is 0.366. The summed E-state index contributed by atoms with van der Waals surface area (Å²) in [7, 11) is 0. The van der Waals surface area contributed by atoms with E-state index in [4.69, 9.17) is 9.47 Å². The Hall–Kier alpha value is -0.120. The number of nitrogens with one attached hydrogen (secondary N) is 1. The zero-order valence-electron chi connectivity index (χ0n) is 9.00. The van der Waals surface area contributed by atoms with Gasteiger partial charge in [-0.25, -0.2) is 0 Å². The van der Waals surface area contributed by atoms with Crippen molar-refractivity contribution in [2.24, 2.45) is 5.92 Å². The molecule has 14 heavy (non-hydrogen) atoms. The average Bonchev–Trinajstić information content (AvgIpc) is 3.00. The Morgan fingerprint density at radius 2 is 2.21 bits per heavy atom. The summed E-state index contributed by atoms with van der Waals surface area (Å²) in [4.78, 5) is 0. The van der Waals surface area contributed by atoms with Crippen LogP contribution in [0.15, 0.2) is 0 Å². The van der Waals surface area contributed by atoms with E-state index < -0.39 is 0 Å². The molecule has 1 heterocycles. The monoisotopic (exact) mass is 199 g/mol. The molecule has 3 heteroatoms. The lowest BCUT2D eigenvalue weighted by atomic mass is 10.1. The molecule has 1 N–H and O–H groups in total. The summed E-state index contributed by atoms with van der Waals surface area (Å²) in [5.74, 6) is 1.01. The van der Waals surface area contributed by atoms with Gasteiger partial charge in [-0.1, -0.05) is 12.8 Å². The maximum Gasteiger partial charge on any atom is 0.147 e. The molecule has 0 amide bonds. The first kappa shape index (κ1) is 10.4. The van der Waals surface area contributed by atoms with Crippen LogP contribution in [0.1, 0.15) is 32.6 Å². The number of hydrogen-bond acceptors (Lipinski definition) is 3. The van der Waals surface area contributed by atoms with Crippen LogP contribution in [0.5, 0.6) is 0 Å². The first-order valence-corrected chi connectivity index (χ1v) is 5.77. The van der Waals surface area contributed by atoms with Crippen LogP contribution >= 0.6 is 0 Å². The fourth-order valence-corrected chi connectivity index (χ4v) is 1.93. The Balaban J connectivity index is 1.55. The van der Waals surface area contributed by atoms with Gasteiger partial charge in [-0.2, -0.15) is 0 Å². The molecule has 0 aromatic heterocycles. The highest BCUT2D eigenvalue weighted by molar-refractivity contribution is 4.78. The summed E-state index contributed by atoms with van der Waals surface area (Å²) < 4.78 is 10.6. The third kappa shape index (κ3) is 3.56. The van der Waals surface area contributed by atoms with Crippen LogP contribution in [0.2, 0.25) is 0 Å². The Morgan fingerprint density at radius 3 is 2.86 bits per heavy atom. The predicted octanol–water partition coefficient (Wildman–Crippen LogP) is 1.53. The van der Waals surface area contributed by atoms with E-state index in [1.165, 1.54) is 19.3 Å². The topological polar surface area (TPSA) is 30.5 Å². The highest BCUT2D eigenvalue weighted by Gasteiger charge is 2.24. The molecular weight excluding hydrogens is 178 g/mol. The maximum absolute atomic E-state index is 5.46. The molecular formula is C11H21NO2. The molecule has 0 aromatic carbocycles. The minimum Gasteiger partial charge on any atom is -0.355 e. The lowest BCUT2D eigenvalue weighted by Crippen LogP contribution is -2.38. The smallest absolute Gasteiger partial charge is 0.147 e. The van der Waals surface area contributed by atoms with Crippen molar-refractivity contribution >= 4 is 0 Å². The Bertz CT molecular complexity index is 165. The van der Waals surface area contributed by atoms with Crippen molar-refractivity contribution in [3.05, 3.63) is 0 Å². The lowest BCUT2D eigenvalue weighted by molar-refractivity contribution is -0.137. The molecule has 2 aliphatic rings.